The zero-order valence-corrected chi connectivity index (χ0v) is 10.8. The Morgan fingerprint density at radius 3 is 2.62 bits per heavy atom. The van der Waals surface area contributed by atoms with Gasteiger partial charge in [-0.05, 0) is 18.1 Å². The zero-order chi connectivity index (χ0) is 11.9. The van der Waals surface area contributed by atoms with Crippen LogP contribution < -0.4 is 0 Å². The summed E-state index contributed by atoms with van der Waals surface area (Å²) in [6.45, 7) is 4.76. The van der Waals surface area contributed by atoms with Crippen LogP contribution in [0, 0.1) is 5.92 Å². The number of thiophene rings is 1. The first-order chi connectivity index (χ1) is 7.42. The Morgan fingerprint density at radius 2 is 2.19 bits per heavy atom. The van der Waals surface area contributed by atoms with Crippen molar-refractivity contribution >= 4 is 28.8 Å². The Labute approximate surface area is 104 Å². The summed E-state index contributed by atoms with van der Waals surface area (Å²) in [4.78, 5) is 14.2. The van der Waals surface area contributed by atoms with Gasteiger partial charge in [0.1, 0.15) is 5.60 Å². The van der Waals surface area contributed by atoms with Gasteiger partial charge in [-0.1, -0.05) is 25.4 Å². The molecule has 2 rings (SSSR count). The Kier molecular flexibility index (Phi) is 2.99. The lowest BCUT2D eigenvalue weighted by Crippen LogP contribution is -2.65. The van der Waals surface area contributed by atoms with Crippen molar-refractivity contribution in [2.45, 2.75) is 19.4 Å². The van der Waals surface area contributed by atoms with Crippen LogP contribution in [0.2, 0.25) is 4.34 Å². The lowest BCUT2D eigenvalue weighted by Gasteiger charge is -2.48. The van der Waals surface area contributed by atoms with Crippen molar-refractivity contribution in [1.29, 1.82) is 0 Å². The molecule has 0 saturated carbocycles. The second-order valence-electron chi connectivity index (χ2n) is 4.52. The third kappa shape index (κ3) is 1.97. The molecular weight excluding hydrogens is 246 g/mol. The summed E-state index contributed by atoms with van der Waals surface area (Å²) in [7, 11) is 0. The largest absolute Gasteiger partial charge is 0.386 e. The van der Waals surface area contributed by atoms with Crippen LogP contribution >= 0.6 is 22.9 Å². The highest BCUT2D eigenvalue weighted by molar-refractivity contribution is 7.17. The van der Waals surface area contributed by atoms with Gasteiger partial charge in [-0.15, -0.1) is 11.3 Å². The minimum absolute atomic E-state index is 0.0396. The van der Waals surface area contributed by atoms with E-state index >= 15 is 0 Å². The fraction of sp³-hybridized carbons (Fsp3) is 0.545. The van der Waals surface area contributed by atoms with Crippen molar-refractivity contribution in [2.75, 3.05) is 13.1 Å². The molecule has 1 amide bonds. The first-order valence-electron chi connectivity index (χ1n) is 5.19. The van der Waals surface area contributed by atoms with E-state index in [9.17, 15) is 9.90 Å². The van der Waals surface area contributed by atoms with Gasteiger partial charge < -0.3 is 10.0 Å². The van der Waals surface area contributed by atoms with Crippen LogP contribution in [-0.2, 0) is 0 Å². The van der Waals surface area contributed by atoms with Gasteiger partial charge in [0.2, 0.25) is 0 Å². The highest BCUT2D eigenvalue weighted by Gasteiger charge is 2.46. The van der Waals surface area contributed by atoms with Crippen LogP contribution in [0.4, 0.5) is 0 Å². The molecular formula is C11H14ClNO2S. The van der Waals surface area contributed by atoms with Crippen molar-refractivity contribution in [3.63, 3.8) is 0 Å². The van der Waals surface area contributed by atoms with E-state index in [2.05, 4.69) is 0 Å². The third-order valence-corrected chi connectivity index (χ3v) is 4.29. The number of amides is 1. The topological polar surface area (TPSA) is 40.5 Å². The van der Waals surface area contributed by atoms with Crippen LogP contribution in [0.3, 0.4) is 0 Å². The second kappa shape index (κ2) is 4.02. The minimum Gasteiger partial charge on any atom is -0.386 e. The van der Waals surface area contributed by atoms with E-state index in [4.69, 9.17) is 11.6 Å². The Bertz CT molecular complexity index is 410. The normalized spacial score (nSPS) is 18.7. The SMILES string of the molecule is CC(C)C1(O)CN(C(=O)c2ccc(Cl)s2)C1. The van der Waals surface area contributed by atoms with E-state index in [1.807, 2.05) is 13.8 Å². The van der Waals surface area contributed by atoms with E-state index in [1.165, 1.54) is 11.3 Å². The smallest absolute Gasteiger partial charge is 0.264 e. The van der Waals surface area contributed by atoms with E-state index in [-0.39, 0.29) is 11.8 Å². The summed E-state index contributed by atoms with van der Waals surface area (Å²) in [5.41, 5.74) is -0.712. The molecule has 1 aliphatic rings. The number of nitrogens with zero attached hydrogens (tertiary/aromatic N) is 1. The predicted molar refractivity (Wildman–Crippen MR) is 65.0 cm³/mol. The molecule has 1 aromatic rings. The number of hydrogen-bond donors (Lipinski definition) is 1. The number of halogens is 1. The molecule has 1 aliphatic heterocycles. The molecule has 0 spiro atoms. The minimum atomic E-state index is -0.712. The van der Waals surface area contributed by atoms with Crippen molar-refractivity contribution in [1.82, 2.24) is 4.90 Å². The van der Waals surface area contributed by atoms with Crippen LogP contribution in [0.5, 0.6) is 0 Å². The lowest BCUT2D eigenvalue weighted by molar-refractivity contribution is -0.110. The molecule has 3 nitrogen and oxygen atoms in total. The van der Waals surface area contributed by atoms with Crippen molar-refractivity contribution in [3.8, 4) is 0 Å². The molecule has 0 radical (unpaired) electrons. The summed E-state index contributed by atoms with van der Waals surface area (Å²) in [6.07, 6.45) is 0. The van der Waals surface area contributed by atoms with Gasteiger partial charge in [-0.25, -0.2) is 0 Å². The molecule has 1 aromatic heterocycles. The van der Waals surface area contributed by atoms with Gasteiger partial charge in [0.25, 0.3) is 5.91 Å². The average molecular weight is 260 g/mol. The molecule has 0 aliphatic carbocycles. The van der Waals surface area contributed by atoms with Gasteiger partial charge >= 0.3 is 0 Å². The standard InChI is InChI=1S/C11H14ClNO2S/c1-7(2)11(15)5-13(6-11)10(14)8-3-4-9(12)16-8/h3-4,7,15H,5-6H2,1-2H3. The molecule has 2 heterocycles. The molecule has 1 fully saturated rings. The first kappa shape index (κ1) is 11.9. The number of hydrogen-bond acceptors (Lipinski definition) is 3. The Morgan fingerprint density at radius 1 is 1.56 bits per heavy atom. The highest BCUT2D eigenvalue weighted by atomic mass is 35.5. The fourth-order valence-corrected chi connectivity index (χ4v) is 2.72. The van der Waals surface area contributed by atoms with Crippen molar-refractivity contribution < 1.29 is 9.90 Å². The molecule has 16 heavy (non-hydrogen) atoms. The molecule has 0 unspecified atom stereocenters. The van der Waals surface area contributed by atoms with Gasteiger partial charge in [-0.3, -0.25) is 4.79 Å². The average Bonchev–Trinajstić information content (AvgIpc) is 2.58. The first-order valence-corrected chi connectivity index (χ1v) is 6.39. The zero-order valence-electron chi connectivity index (χ0n) is 9.24. The van der Waals surface area contributed by atoms with Gasteiger partial charge in [-0.2, -0.15) is 0 Å². The number of carbonyl (C=O) groups is 1. The number of carbonyl (C=O) groups excluding carboxylic acids is 1. The summed E-state index contributed by atoms with van der Waals surface area (Å²) in [6, 6.07) is 3.44. The summed E-state index contributed by atoms with van der Waals surface area (Å²) in [5, 5.41) is 10.0. The predicted octanol–water partition coefficient (Wildman–Crippen LogP) is 2.24. The van der Waals surface area contributed by atoms with Gasteiger partial charge in [0.15, 0.2) is 0 Å². The van der Waals surface area contributed by atoms with Crippen molar-refractivity contribution in [2.24, 2.45) is 5.92 Å². The Balaban J connectivity index is 2.00. The maximum atomic E-state index is 11.9. The maximum absolute atomic E-state index is 11.9. The molecule has 88 valence electrons. The van der Waals surface area contributed by atoms with Gasteiger partial charge in [0.05, 0.1) is 22.3 Å². The van der Waals surface area contributed by atoms with Crippen molar-refractivity contribution in [3.05, 3.63) is 21.3 Å². The fourth-order valence-electron chi connectivity index (χ4n) is 1.71. The second-order valence-corrected chi connectivity index (χ2v) is 6.24. The molecule has 0 bridgehead atoms. The molecule has 0 aromatic carbocycles. The summed E-state index contributed by atoms with van der Waals surface area (Å²) in [5.74, 6) is 0.130. The van der Waals surface area contributed by atoms with Crippen LogP contribution in [0.25, 0.3) is 0 Å². The number of rotatable bonds is 2. The van der Waals surface area contributed by atoms with E-state index in [1.54, 1.807) is 17.0 Å². The van der Waals surface area contributed by atoms with Crippen LogP contribution in [0.15, 0.2) is 12.1 Å². The molecule has 0 atom stereocenters. The van der Waals surface area contributed by atoms with Gasteiger partial charge in [0, 0.05) is 0 Å². The third-order valence-electron chi connectivity index (χ3n) is 3.08. The summed E-state index contributed by atoms with van der Waals surface area (Å²) >= 11 is 7.05. The molecule has 1 N–H and O–H groups in total. The summed E-state index contributed by atoms with van der Waals surface area (Å²) < 4.78 is 0.614. The van der Waals surface area contributed by atoms with E-state index < -0.39 is 5.60 Å². The number of β-amino-alcohol motifs (C(OH)–C–C–N with tert-alkyl or cyclic N) is 1. The monoisotopic (exact) mass is 259 g/mol. The maximum Gasteiger partial charge on any atom is 0.264 e. The van der Waals surface area contributed by atoms with Crippen LogP contribution in [-0.4, -0.2) is 34.6 Å². The Hall–Kier alpha value is -0.580. The number of aliphatic hydroxyl groups is 1. The van der Waals surface area contributed by atoms with E-state index in [0.29, 0.717) is 22.3 Å². The quantitative estimate of drug-likeness (QED) is 0.885. The molecule has 1 saturated heterocycles. The van der Waals surface area contributed by atoms with E-state index in [0.717, 1.165) is 0 Å². The number of likely N-dealkylation sites (tertiary alicyclic amines) is 1. The molecule has 5 heteroatoms. The highest BCUT2D eigenvalue weighted by Crippen LogP contribution is 2.31. The lowest BCUT2D eigenvalue weighted by atomic mass is 9.83. The van der Waals surface area contributed by atoms with Crippen LogP contribution in [0.1, 0.15) is 23.5 Å².